The molecule has 1 aliphatic rings. The molecule has 5 rings (SSSR count). The summed E-state index contributed by atoms with van der Waals surface area (Å²) in [5.74, 6) is 1.61. The van der Waals surface area contributed by atoms with Gasteiger partial charge in [-0.1, -0.05) is 88.9 Å². The Labute approximate surface area is 309 Å². The van der Waals surface area contributed by atoms with Gasteiger partial charge in [-0.05, 0) is 117 Å². The van der Waals surface area contributed by atoms with E-state index < -0.39 is 16.4 Å². The lowest BCUT2D eigenvalue weighted by atomic mass is 9.89. The Morgan fingerprint density at radius 3 is 2.22 bits per heavy atom. The molecule has 4 aromatic rings. The molecule has 0 aliphatic heterocycles. The zero-order valence-corrected chi connectivity index (χ0v) is 34.7. The molecule has 0 bridgehead atoms. The quantitative estimate of drug-likeness (QED) is 0.0722. The van der Waals surface area contributed by atoms with Crippen LogP contribution < -0.4 is 14.2 Å². The Bertz CT molecular complexity index is 1810. The van der Waals surface area contributed by atoms with Crippen LogP contribution in [0, 0.1) is 6.92 Å². The van der Waals surface area contributed by atoms with Crippen molar-refractivity contribution in [3.8, 4) is 39.8 Å². The van der Waals surface area contributed by atoms with Gasteiger partial charge in [-0.15, -0.1) is 0 Å². The number of pyridine rings is 1. The van der Waals surface area contributed by atoms with Crippen LogP contribution in [0.15, 0.2) is 71.2 Å². The highest BCUT2D eigenvalue weighted by molar-refractivity contribution is 9.10. The fraction of sp³-hybridized carbons (Fsp3) is 0.415. The molecule has 6 nitrogen and oxygen atoms in total. The molecule has 0 N–H and O–H groups in total. The molecule has 3 aromatic carbocycles. The number of aromatic nitrogens is 1. The number of fused-ring (bicyclic) bond motifs is 1. The minimum atomic E-state index is -1.79. The lowest BCUT2D eigenvalue weighted by Crippen LogP contribution is -2.41. The lowest BCUT2D eigenvalue weighted by Gasteiger charge is -2.36. The third-order valence-electron chi connectivity index (χ3n) is 10.0. The number of halogens is 1. The number of benzene rings is 3. The standard InChI is InChI=1S/C41H52BrNO5Si2/c1-28-32(29-16-18-31(19-17-29)45-22-23-47-50(8,9)41(2,3)4)12-10-13-33(28)34-14-11-15-36-35(34)20-21-38(36)48-40-37(42)26-30(27-44)39(43-40)46-24-25-49(5,6)7/h10-19,26-27,38H,20-25H2,1-9H3. The summed E-state index contributed by atoms with van der Waals surface area (Å²) < 4.78 is 25.5. The van der Waals surface area contributed by atoms with E-state index in [4.69, 9.17) is 18.6 Å². The average molecular weight is 775 g/mol. The van der Waals surface area contributed by atoms with Gasteiger partial charge in [0.25, 0.3) is 0 Å². The van der Waals surface area contributed by atoms with Crippen molar-refractivity contribution in [2.45, 2.75) is 90.5 Å². The summed E-state index contributed by atoms with van der Waals surface area (Å²) in [4.78, 5) is 16.5. The van der Waals surface area contributed by atoms with Gasteiger partial charge in [-0.25, -0.2) is 0 Å². The minimum absolute atomic E-state index is 0.158. The monoisotopic (exact) mass is 773 g/mol. The Hall–Kier alpha value is -3.25. The summed E-state index contributed by atoms with van der Waals surface area (Å²) >= 11 is 3.59. The third-order valence-corrected chi connectivity index (χ3v) is 16.8. The van der Waals surface area contributed by atoms with E-state index in [0.29, 0.717) is 41.6 Å². The molecule has 1 atom stereocenters. The maximum absolute atomic E-state index is 11.8. The molecule has 0 saturated heterocycles. The maximum Gasteiger partial charge on any atom is 0.231 e. The first-order chi connectivity index (χ1) is 23.6. The van der Waals surface area contributed by atoms with Gasteiger partial charge in [0.05, 0.1) is 23.2 Å². The predicted octanol–water partition coefficient (Wildman–Crippen LogP) is 11.5. The molecule has 1 aromatic heterocycles. The Morgan fingerprint density at radius 2 is 1.54 bits per heavy atom. The van der Waals surface area contributed by atoms with Crippen LogP contribution in [-0.4, -0.2) is 47.5 Å². The summed E-state index contributed by atoms with van der Waals surface area (Å²) in [5, 5.41) is 0.184. The van der Waals surface area contributed by atoms with Gasteiger partial charge in [-0.3, -0.25) is 4.79 Å². The minimum Gasteiger partial charge on any atom is -0.491 e. The van der Waals surface area contributed by atoms with E-state index in [1.165, 1.54) is 33.4 Å². The van der Waals surface area contributed by atoms with Gasteiger partial charge in [0.2, 0.25) is 11.8 Å². The Kier molecular flexibility index (Phi) is 11.8. The largest absolute Gasteiger partial charge is 0.491 e. The van der Waals surface area contributed by atoms with Crippen LogP contribution in [-0.2, 0) is 10.8 Å². The van der Waals surface area contributed by atoms with Crippen molar-refractivity contribution in [2.75, 3.05) is 19.8 Å². The summed E-state index contributed by atoms with van der Waals surface area (Å²) in [7, 11) is -3.09. The first-order valence-corrected chi connectivity index (χ1v) is 25.0. The number of ether oxygens (including phenoxy) is 3. The van der Waals surface area contributed by atoms with Gasteiger partial charge in [0.15, 0.2) is 14.6 Å². The molecule has 1 unspecified atom stereocenters. The van der Waals surface area contributed by atoms with E-state index in [9.17, 15) is 4.79 Å². The Morgan fingerprint density at radius 1 is 0.860 bits per heavy atom. The van der Waals surface area contributed by atoms with E-state index in [1.54, 1.807) is 6.07 Å². The molecule has 1 heterocycles. The van der Waals surface area contributed by atoms with E-state index in [2.05, 4.69) is 130 Å². The highest BCUT2D eigenvalue weighted by Gasteiger charge is 2.37. The maximum atomic E-state index is 11.8. The number of hydrogen-bond donors (Lipinski definition) is 0. The van der Waals surface area contributed by atoms with Crippen molar-refractivity contribution in [3.05, 3.63) is 93.5 Å². The van der Waals surface area contributed by atoms with Gasteiger partial charge >= 0.3 is 0 Å². The molecule has 50 heavy (non-hydrogen) atoms. The third kappa shape index (κ3) is 8.97. The van der Waals surface area contributed by atoms with Gasteiger partial charge in [-0.2, -0.15) is 4.98 Å². The van der Waals surface area contributed by atoms with Crippen LogP contribution in [0.2, 0.25) is 43.8 Å². The van der Waals surface area contributed by atoms with Crippen LogP contribution >= 0.6 is 15.9 Å². The second-order valence-corrected chi connectivity index (χ2v) is 27.2. The van der Waals surface area contributed by atoms with Gasteiger partial charge in [0, 0.05) is 8.07 Å². The highest BCUT2D eigenvalue weighted by Crippen LogP contribution is 2.43. The molecule has 9 heteroatoms. The fourth-order valence-electron chi connectivity index (χ4n) is 5.98. The van der Waals surface area contributed by atoms with E-state index in [-0.39, 0.29) is 11.1 Å². The number of hydrogen-bond acceptors (Lipinski definition) is 6. The summed E-state index contributed by atoms with van der Waals surface area (Å²) in [5.41, 5.74) is 8.91. The lowest BCUT2D eigenvalue weighted by molar-refractivity contribution is 0.111. The number of carbonyl (C=O) groups is 1. The number of rotatable bonds is 14. The zero-order chi connectivity index (χ0) is 36.3. The van der Waals surface area contributed by atoms with E-state index >= 15 is 0 Å². The van der Waals surface area contributed by atoms with Crippen LogP contribution in [0.25, 0.3) is 22.3 Å². The molecule has 0 fully saturated rings. The number of aldehydes is 1. The van der Waals surface area contributed by atoms with Crippen LogP contribution in [0.3, 0.4) is 0 Å². The average Bonchev–Trinajstić information content (AvgIpc) is 3.46. The number of nitrogens with zero attached hydrogens (tertiary/aromatic N) is 1. The van der Waals surface area contributed by atoms with Crippen LogP contribution in [0.5, 0.6) is 17.5 Å². The SMILES string of the molecule is Cc1c(-c2ccc(OCCO[Si](C)(C)C(C)(C)C)cc2)cccc1-c1cccc2c1CCC2Oc1nc(OCC[Si](C)(C)C)c(C=O)cc1Br. The molecule has 0 spiro atoms. The normalized spacial score (nSPS) is 14.7. The summed E-state index contributed by atoms with van der Waals surface area (Å²) in [6, 6.07) is 24.1. The van der Waals surface area contributed by atoms with Gasteiger partial charge in [0.1, 0.15) is 18.5 Å². The first kappa shape index (κ1) is 38.0. The van der Waals surface area contributed by atoms with Crippen LogP contribution in [0.4, 0.5) is 0 Å². The number of carbonyl (C=O) groups excluding carboxylic acids is 1. The summed E-state index contributed by atoms with van der Waals surface area (Å²) in [6.07, 6.45) is 2.36. The topological polar surface area (TPSA) is 66.9 Å². The van der Waals surface area contributed by atoms with E-state index in [0.717, 1.165) is 36.5 Å². The first-order valence-electron chi connectivity index (χ1n) is 17.6. The molecule has 1 aliphatic carbocycles. The zero-order valence-electron chi connectivity index (χ0n) is 31.1. The van der Waals surface area contributed by atoms with Crippen molar-refractivity contribution in [2.24, 2.45) is 0 Å². The summed E-state index contributed by atoms with van der Waals surface area (Å²) in [6.45, 7) is 22.1. The second kappa shape index (κ2) is 15.6. The van der Waals surface area contributed by atoms with Crippen molar-refractivity contribution in [1.29, 1.82) is 0 Å². The highest BCUT2D eigenvalue weighted by atomic mass is 79.9. The predicted molar refractivity (Wildman–Crippen MR) is 213 cm³/mol. The van der Waals surface area contributed by atoms with Crippen molar-refractivity contribution < 1.29 is 23.4 Å². The smallest absolute Gasteiger partial charge is 0.231 e. The van der Waals surface area contributed by atoms with Crippen molar-refractivity contribution in [1.82, 2.24) is 4.98 Å². The fourth-order valence-corrected chi connectivity index (χ4v) is 8.15. The second-order valence-electron chi connectivity index (χ2n) is 15.9. The van der Waals surface area contributed by atoms with Crippen molar-refractivity contribution >= 4 is 38.6 Å². The van der Waals surface area contributed by atoms with E-state index in [1.807, 2.05) is 12.1 Å². The van der Waals surface area contributed by atoms with Gasteiger partial charge < -0.3 is 18.6 Å². The molecular weight excluding hydrogens is 723 g/mol. The molecule has 0 radical (unpaired) electrons. The molecule has 0 saturated carbocycles. The molecule has 266 valence electrons. The molecular formula is C41H52BrNO5Si2. The Balaban J connectivity index is 1.31. The molecule has 0 amide bonds. The van der Waals surface area contributed by atoms with Crippen molar-refractivity contribution in [3.63, 3.8) is 0 Å². The van der Waals surface area contributed by atoms with Crippen LogP contribution in [0.1, 0.15) is 60.3 Å².